The van der Waals surface area contributed by atoms with Crippen molar-refractivity contribution in [3.05, 3.63) is 63.6 Å². The average molecular weight is 574 g/mol. The summed E-state index contributed by atoms with van der Waals surface area (Å²) in [6.45, 7) is 5.25. The second kappa shape index (κ2) is 20.2. The molecule has 0 bridgehead atoms. The molecule has 2 rings (SSSR count). The second-order valence-corrected chi connectivity index (χ2v) is 11.3. The number of esters is 1. The molecule has 0 aliphatic rings. The highest BCUT2D eigenvalue weighted by atomic mass is 79.9. The van der Waals surface area contributed by atoms with Crippen LogP contribution in [0.4, 0.5) is 0 Å². The van der Waals surface area contributed by atoms with Crippen molar-refractivity contribution in [3.63, 3.8) is 0 Å². The molecular formula is C33H49BrO3. The van der Waals surface area contributed by atoms with Gasteiger partial charge in [0.2, 0.25) is 0 Å². The van der Waals surface area contributed by atoms with Gasteiger partial charge in [-0.3, -0.25) is 0 Å². The van der Waals surface area contributed by atoms with E-state index in [9.17, 15) is 4.79 Å². The summed E-state index contributed by atoms with van der Waals surface area (Å²) in [7, 11) is 0. The number of ether oxygens (including phenoxy) is 2. The van der Waals surface area contributed by atoms with Crippen LogP contribution < -0.4 is 4.74 Å². The first-order chi connectivity index (χ1) is 18.1. The maximum Gasteiger partial charge on any atom is 0.338 e. The van der Waals surface area contributed by atoms with Crippen LogP contribution in [-0.4, -0.2) is 12.6 Å². The fraction of sp³-hybridized carbons (Fsp3) is 0.606. The molecule has 0 saturated carbocycles. The number of halogens is 1. The van der Waals surface area contributed by atoms with Crippen LogP contribution in [0.5, 0.6) is 5.75 Å². The normalized spacial score (nSPS) is 11.0. The third kappa shape index (κ3) is 14.6. The van der Waals surface area contributed by atoms with Crippen molar-refractivity contribution in [1.29, 1.82) is 0 Å². The maximum atomic E-state index is 12.4. The predicted molar refractivity (Wildman–Crippen MR) is 159 cm³/mol. The molecule has 2 aromatic rings. The van der Waals surface area contributed by atoms with Crippen molar-refractivity contribution in [2.45, 2.75) is 123 Å². The van der Waals surface area contributed by atoms with E-state index >= 15 is 0 Å². The second-order valence-electron chi connectivity index (χ2n) is 10.3. The van der Waals surface area contributed by atoms with E-state index in [4.69, 9.17) is 9.47 Å². The summed E-state index contributed by atoms with van der Waals surface area (Å²) in [4.78, 5) is 12.4. The largest absolute Gasteiger partial charge is 0.493 e. The van der Waals surface area contributed by atoms with Gasteiger partial charge >= 0.3 is 5.97 Å². The molecule has 0 atom stereocenters. The molecule has 0 aromatic heterocycles. The lowest BCUT2D eigenvalue weighted by Crippen LogP contribution is -2.07. The molecule has 0 aliphatic carbocycles. The highest BCUT2D eigenvalue weighted by Crippen LogP contribution is 2.23. The molecule has 0 spiro atoms. The van der Waals surface area contributed by atoms with E-state index in [2.05, 4.69) is 29.8 Å². The molecule has 3 nitrogen and oxygen atoms in total. The van der Waals surface area contributed by atoms with Crippen molar-refractivity contribution >= 4 is 21.9 Å². The Morgan fingerprint density at radius 1 is 0.703 bits per heavy atom. The molecule has 0 radical (unpaired) electrons. The number of benzene rings is 2. The Morgan fingerprint density at radius 2 is 1.22 bits per heavy atom. The van der Waals surface area contributed by atoms with Gasteiger partial charge in [-0.05, 0) is 49.2 Å². The Balaban J connectivity index is 1.50. The van der Waals surface area contributed by atoms with Gasteiger partial charge in [0.1, 0.15) is 12.4 Å². The average Bonchev–Trinajstić information content (AvgIpc) is 2.90. The first kappa shape index (κ1) is 31.4. The molecule has 0 saturated heterocycles. The van der Waals surface area contributed by atoms with E-state index in [-0.39, 0.29) is 12.6 Å². The Kier molecular flexibility index (Phi) is 17.1. The third-order valence-corrected chi connectivity index (χ3v) is 7.45. The first-order valence-corrected chi connectivity index (χ1v) is 15.5. The maximum absolute atomic E-state index is 12.4. The minimum absolute atomic E-state index is 0.212. The molecule has 4 heteroatoms. The van der Waals surface area contributed by atoms with Crippen molar-refractivity contribution in [1.82, 2.24) is 0 Å². The van der Waals surface area contributed by atoms with Crippen LogP contribution in [-0.2, 0) is 11.3 Å². The molecule has 0 fully saturated rings. The molecule has 0 aliphatic heterocycles. The summed E-state index contributed by atoms with van der Waals surface area (Å²) < 4.78 is 12.6. The Hall–Kier alpha value is -1.81. The lowest BCUT2D eigenvalue weighted by molar-refractivity contribution is 0.0469. The van der Waals surface area contributed by atoms with Crippen molar-refractivity contribution in [2.75, 3.05) is 6.61 Å². The predicted octanol–water partition coefficient (Wildman–Crippen LogP) is 10.8. The van der Waals surface area contributed by atoms with Gasteiger partial charge in [-0.1, -0.05) is 131 Å². The molecule has 0 unspecified atom stereocenters. The SMILES string of the molecule is CCCCCCCCCCCCCCCCCCOc1cc(C)ccc1COC(=O)c1ccc(Br)cc1. The van der Waals surface area contributed by atoms with Crippen LogP contribution >= 0.6 is 15.9 Å². The van der Waals surface area contributed by atoms with Crippen molar-refractivity contribution in [3.8, 4) is 5.75 Å². The minimum atomic E-state index is -0.322. The van der Waals surface area contributed by atoms with Crippen LogP contribution in [0.15, 0.2) is 46.9 Å². The third-order valence-electron chi connectivity index (χ3n) is 6.92. The Morgan fingerprint density at radius 3 is 1.76 bits per heavy atom. The quantitative estimate of drug-likeness (QED) is 0.110. The zero-order valence-corrected chi connectivity index (χ0v) is 25.0. The molecular weight excluding hydrogens is 524 g/mol. The molecule has 0 heterocycles. The van der Waals surface area contributed by atoms with Crippen LogP contribution in [0.3, 0.4) is 0 Å². The number of carbonyl (C=O) groups is 1. The minimum Gasteiger partial charge on any atom is -0.493 e. The number of unbranched alkanes of at least 4 members (excludes halogenated alkanes) is 15. The first-order valence-electron chi connectivity index (χ1n) is 14.7. The fourth-order valence-electron chi connectivity index (χ4n) is 4.56. The van der Waals surface area contributed by atoms with Crippen LogP contribution in [0, 0.1) is 6.92 Å². The lowest BCUT2D eigenvalue weighted by atomic mass is 10.0. The van der Waals surface area contributed by atoms with E-state index in [1.807, 2.05) is 30.3 Å². The van der Waals surface area contributed by atoms with E-state index in [0.717, 1.165) is 27.8 Å². The zero-order valence-electron chi connectivity index (χ0n) is 23.4. The van der Waals surface area contributed by atoms with Gasteiger partial charge in [0.15, 0.2) is 0 Å². The summed E-state index contributed by atoms with van der Waals surface area (Å²) in [5.74, 6) is 0.501. The summed E-state index contributed by atoms with van der Waals surface area (Å²) >= 11 is 3.39. The molecule has 2 aromatic carbocycles. The number of rotatable bonds is 21. The van der Waals surface area contributed by atoms with Gasteiger partial charge in [-0.15, -0.1) is 0 Å². The number of hydrogen-bond donors (Lipinski definition) is 0. The monoisotopic (exact) mass is 572 g/mol. The van der Waals surface area contributed by atoms with Crippen molar-refractivity contribution in [2.24, 2.45) is 0 Å². The van der Waals surface area contributed by atoms with Gasteiger partial charge in [0.05, 0.1) is 12.2 Å². The Bertz CT molecular complexity index is 862. The summed E-state index contributed by atoms with van der Waals surface area (Å²) in [5, 5.41) is 0. The summed E-state index contributed by atoms with van der Waals surface area (Å²) in [5.41, 5.74) is 2.60. The van der Waals surface area contributed by atoms with E-state index in [0.29, 0.717) is 12.2 Å². The van der Waals surface area contributed by atoms with Gasteiger partial charge in [-0.25, -0.2) is 4.79 Å². The fourth-order valence-corrected chi connectivity index (χ4v) is 4.82. The molecule has 206 valence electrons. The van der Waals surface area contributed by atoms with Crippen LogP contribution in [0.2, 0.25) is 0 Å². The number of aryl methyl sites for hydroxylation is 1. The van der Waals surface area contributed by atoms with Gasteiger partial charge in [0.25, 0.3) is 0 Å². The smallest absolute Gasteiger partial charge is 0.338 e. The van der Waals surface area contributed by atoms with Crippen molar-refractivity contribution < 1.29 is 14.3 Å². The van der Waals surface area contributed by atoms with Crippen LogP contribution in [0.25, 0.3) is 0 Å². The lowest BCUT2D eigenvalue weighted by Gasteiger charge is -2.13. The van der Waals surface area contributed by atoms with Gasteiger partial charge in [-0.2, -0.15) is 0 Å². The number of hydrogen-bond acceptors (Lipinski definition) is 3. The Labute approximate surface area is 234 Å². The highest BCUT2D eigenvalue weighted by molar-refractivity contribution is 9.10. The summed E-state index contributed by atoms with van der Waals surface area (Å²) in [6, 6.07) is 13.3. The standard InChI is InChI=1S/C33H49BrO3/c1-3-4-5-6-7-8-9-10-11-12-13-14-15-16-17-18-25-36-32-26-28(2)19-20-30(32)27-37-33(35)29-21-23-31(34)24-22-29/h19-24,26H,3-18,25,27H2,1-2H3. The topological polar surface area (TPSA) is 35.5 Å². The van der Waals surface area contributed by atoms with Gasteiger partial charge < -0.3 is 9.47 Å². The molecule has 0 amide bonds. The summed E-state index contributed by atoms with van der Waals surface area (Å²) in [6.07, 6.45) is 21.8. The van der Waals surface area contributed by atoms with E-state index in [1.165, 1.54) is 96.3 Å². The molecule has 0 N–H and O–H groups in total. The zero-order chi connectivity index (χ0) is 26.6. The van der Waals surface area contributed by atoms with E-state index < -0.39 is 0 Å². The van der Waals surface area contributed by atoms with Gasteiger partial charge in [0, 0.05) is 10.0 Å². The van der Waals surface area contributed by atoms with Crippen LogP contribution in [0.1, 0.15) is 131 Å². The number of carbonyl (C=O) groups excluding carboxylic acids is 1. The van der Waals surface area contributed by atoms with E-state index in [1.54, 1.807) is 12.1 Å². The highest BCUT2D eigenvalue weighted by Gasteiger charge is 2.10. The molecule has 37 heavy (non-hydrogen) atoms.